The van der Waals surface area contributed by atoms with Crippen LogP contribution in [0.4, 0.5) is 5.82 Å². The van der Waals surface area contributed by atoms with Gasteiger partial charge in [-0.1, -0.05) is 44.0 Å². The lowest BCUT2D eigenvalue weighted by molar-refractivity contribution is -0.132. The molecule has 2 fully saturated rings. The Bertz CT molecular complexity index is 773. The van der Waals surface area contributed by atoms with Crippen LogP contribution in [-0.4, -0.2) is 47.2 Å². The number of piperazine rings is 1. The van der Waals surface area contributed by atoms with Gasteiger partial charge in [0.2, 0.25) is 5.91 Å². The minimum absolute atomic E-state index is 0.337. The van der Waals surface area contributed by atoms with E-state index in [0.29, 0.717) is 11.8 Å². The molecule has 1 aliphatic carbocycles. The van der Waals surface area contributed by atoms with Crippen LogP contribution < -0.4 is 4.90 Å². The van der Waals surface area contributed by atoms with E-state index in [-0.39, 0.29) is 0 Å². The molecule has 1 saturated heterocycles. The van der Waals surface area contributed by atoms with Crippen LogP contribution in [-0.2, 0) is 11.2 Å². The summed E-state index contributed by atoms with van der Waals surface area (Å²) in [7, 11) is 0. The van der Waals surface area contributed by atoms with Crippen molar-refractivity contribution >= 4 is 11.7 Å². The lowest BCUT2D eigenvalue weighted by Crippen LogP contribution is -2.49. The zero-order valence-corrected chi connectivity index (χ0v) is 16.8. The minimum atomic E-state index is 0.337. The third-order valence-corrected chi connectivity index (χ3v) is 6.20. The second-order valence-corrected chi connectivity index (χ2v) is 8.05. The van der Waals surface area contributed by atoms with E-state index in [1.807, 2.05) is 17.0 Å². The van der Waals surface area contributed by atoms with Gasteiger partial charge in [0.25, 0.3) is 0 Å². The highest BCUT2D eigenvalue weighted by Gasteiger charge is 2.25. The van der Waals surface area contributed by atoms with Gasteiger partial charge in [-0.05, 0) is 42.9 Å². The van der Waals surface area contributed by atoms with E-state index in [4.69, 9.17) is 0 Å². The normalized spacial score (nSPS) is 17.9. The van der Waals surface area contributed by atoms with Crippen molar-refractivity contribution in [1.82, 2.24) is 15.1 Å². The van der Waals surface area contributed by atoms with Crippen LogP contribution in [0.25, 0.3) is 11.3 Å². The molecule has 5 nitrogen and oxygen atoms in total. The van der Waals surface area contributed by atoms with Crippen molar-refractivity contribution in [3.8, 4) is 11.3 Å². The molecule has 1 aliphatic heterocycles. The highest BCUT2D eigenvalue weighted by Crippen LogP contribution is 2.28. The molecule has 1 saturated carbocycles. The van der Waals surface area contributed by atoms with E-state index in [2.05, 4.69) is 46.3 Å². The van der Waals surface area contributed by atoms with Crippen molar-refractivity contribution in [2.75, 3.05) is 31.1 Å². The Morgan fingerprint density at radius 2 is 1.68 bits per heavy atom. The fraction of sp³-hybridized carbons (Fsp3) is 0.522. The van der Waals surface area contributed by atoms with Gasteiger partial charge in [0.15, 0.2) is 5.82 Å². The van der Waals surface area contributed by atoms with Crippen LogP contribution in [0.15, 0.2) is 36.4 Å². The van der Waals surface area contributed by atoms with Crippen LogP contribution in [0, 0.1) is 5.92 Å². The molecule has 1 aromatic carbocycles. The maximum Gasteiger partial charge on any atom is 0.222 e. The number of benzene rings is 1. The number of hydrogen-bond donors (Lipinski definition) is 0. The van der Waals surface area contributed by atoms with Gasteiger partial charge in [0.1, 0.15) is 0 Å². The summed E-state index contributed by atoms with van der Waals surface area (Å²) in [5, 5.41) is 8.88. The number of hydrogen-bond acceptors (Lipinski definition) is 4. The summed E-state index contributed by atoms with van der Waals surface area (Å²) < 4.78 is 0. The summed E-state index contributed by atoms with van der Waals surface area (Å²) >= 11 is 0. The molecule has 5 heteroatoms. The molecule has 28 heavy (non-hydrogen) atoms. The molecule has 0 spiro atoms. The number of aromatic nitrogens is 2. The molecular formula is C23H30N4O. The summed E-state index contributed by atoms with van der Waals surface area (Å²) in [6, 6.07) is 12.6. The predicted molar refractivity (Wildman–Crippen MR) is 112 cm³/mol. The number of rotatable bonds is 5. The van der Waals surface area contributed by atoms with E-state index < -0.39 is 0 Å². The Morgan fingerprint density at radius 1 is 0.964 bits per heavy atom. The topological polar surface area (TPSA) is 49.3 Å². The van der Waals surface area contributed by atoms with Gasteiger partial charge in [-0.2, -0.15) is 0 Å². The van der Waals surface area contributed by atoms with Gasteiger partial charge in [-0.3, -0.25) is 4.79 Å². The SMILES string of the molecule is CCc1ccc(-c2ccc(N3CCN(C(=O)CC4CCCC4)CC3)nn2)cc1. The fourth-order valence-corrected chi connectivity index (χ4v) is 4.33. The minimum Gasteiger partial charge on any atom is -0.352 e. The molecule has 2 aliphatic rings. The monoisotopic (exact) mass is 378 g/mol. The van der Waals surface area contributed by atoms with Gasteiger partial charge in [0, 0.05) is 38.2 Å². The van der Waals surface area contributed by atoms with E-state index in [0.717, 1.165) is 56.1 Å². The van der Waals surface area contributed by atoms with E-state index >= 15 is 0 Å². The molecular weight excluding hydrogens is 348 g/mol. The molecule has 148 valence electrons. The zero-order valence-electron chi connectivity index (χ0n) is 16.8. The number of nitrogens with zero attached hydrogens (tertiary/aromatic N) is 4. The van der Waals surface area contributed by atoms with Gasteiger partial charge in [-0.25, -0.2) is 0 Å². The average molecular weight is 379 g/mol. The van der Waals surface area contributed by atoms with Crippen molar-refractivity contribution in [2.45, 2.75) is 45.4 Å². The van der Waals surface area contributed by atoms with E-state index in [9.17, 15) is 4.79 Å². The first-order valence-corrected chi connectivity index (χ1v) is 10.7. The summed E-state index contributed by atoms with van der Waals surface area (Å²) in [4.78, 5) is 16.8. The first-order valence-electron chi connectivity index (χ1n) is 10.7. The highest BCUT2D eigenvalue weighted by molar-refractivity contribution is 5.76. The maximum absolute atomic E-state index is 12.5. The van der Waals surface area contributed by atoms with Crippen LogP contribution in [0.2, 0.25) is 0 Å². The summed E-state index contributed by atoms with van der Waals surface area (Å²) in [6.45, 7) is 5.39. The second kappa shape index (κ2) is 8.72. The highest BCUT2D eigenvalue weighted by atomic mass is 16.2. The number of amides is 1. The molecule has 4 rings (SSSR count). The number of carbonyl (C=O) groups is 1. The molecule has 0 atom stereocenters. The molecule has 0 bridgehead atoms. The third-order valence-electron chi connectivity index (χ3n) is 6.20. The number of aryl methyl sites for hydroxylation is 1. The van der Waals surface area contributed by atoms with Crippen molar-refractivity contribution in [3.05, 3.63) is 42.0 Å². The lowest BCUT2D eigenvalue weighted by atomic mass is 10.0. The molecule has 0 radical (unpaired) electrons. The summed E-state index contributed by atoms with van der Waals surface area (Å²) in [5.41, 5.74) is 3.32. The predicted octanol–water partition coefficient (Wildman–Crippen LogP) is 3.93. The van der Waals surface area contributed by atoms with Crippen LogP contribution in [0.3, 0.4) is 0 Å². The van der Waals surface area contributed by atoms with Gasteiger partial charge in [0.05, 0.1) is 5.69 Å². The number of anilines is 1. The average Bonchev–Trinajstić information content (AvgIpc) is 3.27. The Hall–Kier alpha value is -2.43. The first-order chi connectivity index (χ1) is 13.7. The first kappa shape index (κ1) is 18.9. The lowest BCUT2D eigenvalue weighted by Gasteiger charge is -2.35. The Morgan fingerprint density at radius 3 is 2.29 bits per heavy atom. The van der Waals surface area contributed by atoms with Gasteiger partial charge < -0.3 is 9.80 Å². The second-order valence-electron chi connectivity index (χ2n) is 8.05. The van der Waals surface area contributed by atoms with E-state index in [1.54, 1.807) is 0 Å². The summed E-state index contributed by atoms with van der Waals surface area (Å²) in [6.07, 6.45) is 6.83. The molecule has 2 aromatic rings. The van der Waals surface area contributed by atoms with Crippen molar-refractivity contribution < 1.29 is 4.79 Å². The van der Waals surface area contributed by atoms with Crippen LogP contribution in [0.1, 0.15) is 44.6 Å². The smallest absolute Gasteiger partial charge is 0.222 e. The Kier molecular flexibility index (Phi) is 5.89. The maximum atomic E-state index is 12.5. The molecule has 2 heterocycles. The quantitative estimate of drug-likeness (QED) is 0.791. The van der Waals surface area contributed by atoms with Crippen molar-refractivity contribution in [2.24, 2.45) is 5.92 Å². The molecule has 0 unspecified atom stereocenters. The van der Waals surface area contributed by atoms with Crippen molar-refractivity contribution in [1.29, 1.82) is 0 Å². The zero-order chi connectivity index (χ0) is 19.3. The third kappa shape index (κ3) is 4.34. The number of carbonyl (C=O) groups excluding carboxylic acids is 1. The Labute approximate surface area is 167 Å². The fourth-order valence-electron chi connectivity index (χ4n) is 4.33. The van der Waals surface area contributed by atoms with Crippen LogP contribution in [0.5, 0.6) is 0 Å². The van der Waals surface area contributed by atoms with E-state index in [1.165, 1.54) is 31.2 Å². The Balaban J connectivity index is 1.32. The molecule has 0 N–H and O–H groups in total. The molecule has 1 aromatic heterocycles. The molecule has 1 amide bonds. The van der Waals surface area contributed by atoms with Crippen molar-refractivity contribution in [3.63, 3.8) is 0 Å². The summed E-state index contributed by atoms with van der Waals surface area (Å²) in [5.74, 6) is 1.86. The standard InChI is InChI=1S/C23H30N4O/c1-2-18-7-9-20(10-8-18)21-11-12-22(25-24-21)26-13-15-27(16-14-26)23(28)17-19-5-3-4-6-19/h7-12,19H,2-6,13-17H2,1H3. The van der Waals surface area contributed by atoms with Gasteiger partial charge >= 0.3 is 0 Å². The van der Waals surface area contributed by atoms with Crippen LogP contribution >= 0.6 is 0 Å². The van der Waals surface area contributed by atoms with Gasteiger partial charge in [-0.15, -0.1) is 10.2 Å². The largest absolute Gasteiger partial charge is 0.352 e.